The number of hydrogen-bond acceptors (Lipinski definition) is 5. The zero-order valence-electron chi connectivity index (χ0n) is 15.3. The van der Waals surface area contributed by atoms with Crippen molar-refractivity contribution in [3.05, 3.63) is 76.4 Å². The van der Waals surface area contributed by atoms with Gasteiger partial charge in [-0.05, 0) is 43.4 Å². The summed E-state index contributed by atoms with van der Waals surface area (Å²) in [6.07, 6.45) is 2.55. The molecule has 1 aliphatic heterocycles. The van der Waals surface area contributed by atoms with Crippen LogP contribution < -0.4 is 10.6 Å². The number of para-hydroxylation sites is 1. The van der Waals surface area contributed by atoms with Crippen LogP contribution in [0, 0.1) is 11.3 Å². The molecule has 0 saturated carbocycles. The Morgan fingerprint density at radius 3 is 2.70 bits per heavy atom. The van der Waals surface area contributed by atoms with E-state index in [1.165, 1.54) is 0 Å². The van der Waals surface area contributed by atoms with E-state index < -0.39 is 5.92 Å². The second-order valence-electron chi connectivity index (χ2n) is 6.14. The Hall–Kier alpha value is -2.91. The number of rotatable bonds is 6. The Labute approximate surface area is 163 Å². The van der Waals surface area contributed by atoms with Gasteiger partial charge in [0.2, 0.25) is 0 Å². The van der Waals surface area contributed by atoms with Crippen LogP contribution in [-0.4, -0.2) is 11.7 Å². The molecule has 0 bridgehead atoms. The van der Waals surface area contributed by atoms with E-state index >= 15 is 0 Å². The summed E-state index contributed by atoms with van der Waals surface area (Å²) >= 11 is 1.59. The average molecular weight is 379 g/mol. The average Bonchev–Trinajstić information content (AvgIpc) is 3.20. The zero-order valence-corrected chi connectivity index (χ0v) is 16.1. The highest BCUT2D eigenvalue weighted by Crippen LogP contribution is 2.41. The minimum Gasteiger partial charge on any atom is -0.468 e. The number of carbonyl (C=O) groups excluding carboxylic acids is 1. The molecule has 3 rings (SSSR count). The van der Waals surface area contributed by atoms with E-state index in [1.54, 1.807) is 30.2 Å². The molecular weight excluding hydrogens is 358 g/mol. The number of nitrogens with one attached hydrogen (secondary N) is 2. The van der Waals surface area contributed by atoms with Crippen LogP contribution >= 0.6 is 11.8 Å². The van der Waals surface area contributed by atoms with Crippen molar-refractivity contribution in [2.45, 2.75) is 26.2 Å². The minimum absolute atomic E-state index is 0.250. The number of anilines is 1. The normalized spacial score (nSPS) is 16.7. The van der Waals surface area contributed by atoms with E-state index in [9.17, 15) is 10.1 Å². The van der Waals surface area contributed by atoms with Crippen LogP contribution in [-0.2, 0) is 4.79 Å². The SMILES string of the molecule is CCCSC1=C(C#N)[C@@H](c2ccco2)C(C(=O)Nc2ccccc2)=C(C)N1. The van der Waals surface area contributed by atoms with E-state index in [4.69, 9.17) is 4.42 Å². The van der Waals surface area contributed by atoms with Gasteiger partial charge in [0.25, 0.3) is 5.91 Å². The van der Waals surface area contributed by atoms with Crippen molar-refractivity contribution in [2.75, 3.05) is 11.1 Å². The molecule has 1 amide bonds. The largest absolute Gasteiger partial charge is 0.468 e. The third-order valence-electron chi connectivity index (χ3n) is 4.20. The topological polar surface area (TPSA) is 78.1 Å². The molecule has 0 fully saturated rings. The first kappa shape index (κ1) is 18.9. The Balaban J connectivity index is 2.01. The molecule has 27 heavy (non-hydrogen) atoms. The zero-order chi connectivity index (χ0) is 19.2. The lowest BCUT2D eigenvalue weighted by Crippen LogP contribution is -2.30. The molecule has 1 atom stereocenters. The van der Waals surface area contributed by atoms with Crippen molar-refractivity contribution >= 4 is 23.4 Å². The summed E-state index contributed by atoms with van der Waals surface area (Å²) in [6, 6.07) is 15.1. The molecule has 2 N–H and O–H groups in total. The molecular formula is C21H21N3O2S. The first-order valence-electron chi connectivity index (χ1n) is 8.80. The standard InChI is InChI=1S/C21H21N3O2S/c1-3-12-27-21-16(13-22)19(17-10-7-11-26-17)18(14(2)23-21)20(25)24-15-8-5-4-6-9-15/h4-11,19,23H,3,12H2,1-2H3,(H,24,25)/t19-/m0/s1. The highest BCUT2D eigenvalue weighted by Gasteiger charge is 2.36. The maximum atomic E-state index is 13.1. The van der Waals surface area contributed by atoms with E-state index in [0.29, 0.717) is 22.6 Å². The fourth-order valence-corrected chi connectivity index (χ4v) is 3.94. The van der Waals surface area contributed by atoms with E-state index in [2.05, 4.69) is 23.6 Å². The molecule has 6 heteroatoms. The van der Waals surface area contributed by atoms with Gasteiger partial charge >= 0.3 is 0 Å². The number of amides is 1. The van der Waals surface area contributed by atoms with Crippen LogP contribution in [0.15, 0.2) is 75.0 Å². The van der Waals surface area contributed by atoms with Gasteiger partial charge in [0, 0.05) is 11.4 Å². The predicted octanol–water partition coefficient (Wildman–Crippen LogP) is 4.76. The molecule has 2 heterocycles. The highest BCUT2D eigenvalue weighted by molar-refractivity contribution is 8.03. The van der Waals surface area contributed by atoms with Crippen LogP contribution in [0.1, 0.15) is 31.9 Å². The number of benzene rings is 1. The second-order valence-corrected chi connectivity index (χ2v) is 7.24. The maximum absolute atomic E-state index is 13.1. The van der Waals surface area contributed by atoms with Gasteiger partial charge in [-0.15, -0.1) is 11.8 Å². The quantitative estimate of drug-likeness (QED) is 0.757. The number of furan rings is 1. The van der Waals surface area contributed by atoms with Gasteiger partial charge < -0.3 is 15.1 Å². The number of nitriles is 1. The van der Waals surface area contributed by atoms with Crippen LogP contribution in [0.2, 0.25) is 0 Å². The van der Waals surface area contributed by atoms with Crippen LogP contribution in [0.3, 0.4) is 0 Å². The summed E-state index contributed by atoms with van der Waals surface area (Å²) in [4.78, 5) is 13.1. The predicted molar refractivity (Wildman–Crippen MR) is 108 cm³/mol. The molecule has 0 unspecified atom stereocenters. The Morgan fingerprint density at radius 2 is 2.07 bits per heavy atom. The molecule has 2 aromatic rings. The van der Waals surface area contributed by atoms with E-state index in [0.717, 1.165) is 22.9 Å². The van der Waals surface area contributed by atoms with Crippen molar-refractivity contribution in [3.63, 3.8) is 0 Å². The number of hydrogen-bond donors (Lipinski definition) is 2. The van der Waals surface area contributed by atoms with E-state index in [-0.39, 0.29) is 5.91 Å². The summed E-state index contributed by atoms with van der Waals surface area (Å²) in [5.74, 6) is 0.687. The molecule has 0 saturated heterocycles. The van der Waals surface area contributed by atoms with Gasteiger partial charge in [0.05, 0.1) is 34.4 Å². The molecule has 1 aromatic carbocycles. The second kappa shape index (κ2) is 8.65. The van der Waals surface area contributed by atoms with Gasteiger partial charge in [-0.25, -0.2) is 0 Å². The number of dihydropyridines is 1. The first-order chi connectivity index (χ1) is 13.2. The van der Waals surface area contributed by atoms with E-state index in [1.807, 2.05) is 37.3 Å². The van der Waals surface area contributed by atoms with Crippen molar-refractivity contribution in [2.24, 2.45) is 0 Å². The fraction of sp³-hybridized carbons (Fsp3) is 0.238. The lowest BCUT2D eigenvalue weighted by atomic mass is 9.85. The number of nitrogens with zero attached hydrogens (tertiary/aromatic N) is 1. The third-order valence-corrected chi connectivity index (χ3v) is 5.42. The first-order valence-corrected chi connectivity index (χ1v) is 9.79. The van der Waals surface area contributed by atoms with Crippen LogP contribution in [0.25, 0.3) is 0 Å². The van der Waals surface area contributed by atoms with Crippen molar-refractivity contribution in [1.29, 1.82) is 5.26 Å². The maximum Gasteiger partial charge on any atom is 0.254 e. The summed E-state index contributed by atoms with van der Waals surface area (Å²) in [6.45, 7) is 3.95. The molecule has 5 nitrogen and oxygen atoms in total. The van der Waals surface area contributed by atoms with Gasteiger partial charge in [-0.1, -0.05) is 25.1 Å². The fourth-order valence-electron chi connectivity index (χ4n) is 2.99. The van der Waals surface area contributed by atoms with Gasteiger partial charge in [0.15, 0.2) is 0 Å². The Bertz CT molecular complexity index is 909. The molecule has 138 valence electrons. The summed E-state index contributed by atoms with van der Waals surface area (Å²) < 4.78 is 5.60. The van der Waals surface area contributed by atoms with Crippen LogP contribution in [0.5, 0.6) is 0 Å². The molecule has 0 radical (unpaired) electrons. The van der Waals surface area contributed by atoms with Gasteiger partial charge in [-0.3, -0.25) is 4.79 Å². The van der Waals surface area contributed by atoms with Crippen LogP contribution in [0.4, 0.5) is 5.69 Å². The number of thioether (sulfide) groups is 1. The molecule has 1 aliphatic rings. The lowest BCUT2D eigenvalue weighted by Gasteiger charge is -2.28. The van der Waals surface area contributed by atoms with Crippen molar-refractivity contribution in [3.8, 4) is 6.07 Å². The van der Waals surface area contributed by atoms with Gasteiger partial charge in [-0.2, -0.15) is 5.26 Å². The monoisotopic (exact) mass is 379 g/mol. The smallest absolute Gasteiger partial charge is 0.254 e. The molecule has 0 spiro atoms. The molecule has 1 aromatic heterocycles. The number of allylic oxidation sites excluding steroid dienone is 2. The Kier molecular flexibility index (Phi) is 6.05. The summed E-state index contributed by atoms with van der Waals surface area (Å²) in [7, 11) is 0. The Morgan fingerprint density at radius 1 is 1.30 bits per heavy atom. The van der Waals surface area contributed by atoms with Gasteiger partial charge in [0.1, 0.15) is 5.76 Å². The minimum atomic E-state index is -0.533. The molecule has 0 aliphatic carbocycles. The van der Waals surface area contributed by atoms with Crippen molar-refractivity contribution in [1.82, 2.24) is 5.32 Å². The summed E-state index contributed by atoms with van der Waals surface area (Å²) in [5, 5.41) is 16.8. The number of carbonyl (C=O) groups is 1. The highest BCUT2D eigenvalue weighted by atomic mass is 32.2. The lowest BCUT2D eigenvalue weighted by molar-refractivity contribution is -0.113. The third kappa shape index (κ3) is 4.09. The summed E-state index contributed by atoms with van der Waals surface area (Å²) in [5.41, 5.74) is 2.43. The van der Waals surface area contributed by atoms with Crippen molar-refractivity contribution < 1.29 is 9.21 Å².